The molecule has 2 N–H and O–H groups in total. The number of amides is 2. The van der Waals surface area contributed by atoms with Crippen molar-refractivity contribution in [3.05, 3.63) is 84.2 Å². The fourth-order valence-electron chi connectivity index (χ4n) is 2.56. The molecule has 2 amide bonds. The van der Waals surface area contributed by atoms with E-state index in [-0.39, 0.29) is 11.8 Å². The molecule has 3 aromatic rings. The number of carbonyl (C=O) groups is 2. The lowest BCUT2D eigenvalue weighted by atomic mass is 10.1. The number of hydrazine groups is 1. The first kappa shape index (κ1) is 17.3. The van der Waals surface area contributed by atoms with Crippen molar-refractivity contribution >= 4 is 17.5 Å². The van der Waals surface area contributed by atoms with Crippen molar-refractivity contribution in [3.63, 3.8) is 0 Å². The van der Waals surface area contributed by atoms with Gasteiger partial charge in [0.25, 0.3) is 11.8 Å². The Balaban J connectivity index is 1.72. The molecule has 0 bridgehead atoms. The Morgan fingerprint density at radius 2 is 1.54 bits per heavy atom. The summed E-state index contributed by atoms with van der Waals surface area (Å²) >= 11 is 0. The number of benzene rings is 2. The molecule has 0 aliphatic rings. The molecule has 0 aliphatic carbocycles. The van der Waals surface area contributed by atoms with Crippen molar-refractivity contribution in [2.45, 2.75) is 0 Å². The van der Waals surface area contributed by atoms with Gasteiger partial charge in [0.05, 0.1) is 11.3 Å². The van der Waals surface area contributed by atoms with Gasteiger partial charge in [-0.15, -0.1) is 0 Å². The van der Waals surface area contributed by atoms with Crippen LogP contribution in [0.2, 0.25) is 0 Å². The highest BCUT2D eigenvalue weighted by atomic mass is 16.2. The molecule has 1 heterocycles. The molecule has 0 atom stereocenters. The Morgan fingerprint density at radius 1 is 0.846 bits per heavy atom. The highest BCUT2D eigenvalue weighted by Crippen LogP contribution is 2.15. The Morgan fingerprint density at radius 3 is 2.27 bits per heavy atom. The van der Waals surface area contributed by atoms with Crippen LogP contribution in [-0.4, -0.2) is 30.5 Å². The third-order valence-electron chi connectivity index (χ3n) is 3.95. The number of aromatic nitrogens is 1. The SMILES string of the molecule is CN(C)c1cccc(C(=O)NNC(=O)c2ccccc2-n2cccc2)c1. The van der Waals surface area contributed by atoms with Gasteiger partial charge in [0.15, 0.2) is 0 Å². The van der Waals surface area contributed by atoms with Crippen molar-refractivity contribution in [1.82, 2.24) is 15.4 Å². The molecule has 1 aromatic heterocycles. The molecule has 0 aliphatic heterocycles. The van der Waals surface area contributed by atoms with Gasteiger partial charge in [-0.3, -0.25) is 20.4 Å². The fourth-order valence-corrected chi connectivity index (χ4v) is 2.56. The number of hydrogen-bond acceptors (Lipinski definition) is 3. The second kappa shape index (κ2) is 7.57. The van der Waals surface area contributed by atoms with Crippen LogP contribution in [0, 0.1) is 0 Å². The Kier molecular flexibility index (Phi) is 5.03. The minimum Gasteiger partial charge on any atom is -0.378 e. The zero-order valence-corrected chi connectivity index (χ0v) is 14.6. The predicted octanol–water partition coefficient (Wildman–Crippen LogP) is 2.62. The van der Waals surface area contributed by atoms with E-state index in [0.29, 0.717) is 11.1 Å². The predicted molar refractivity (Wildman–Crippen MR) is 101 cm³/mol. The molecule has 6 heteroatoms. The minimum absolute atomic E-state index is 0.375. The van der Waals surface area contributed by atoms with Crippen molar-refractivity contribution in [2.75, 3.05) is 19.0 Å². The average molecular weight is 348 g/mol. The lowest BCUT2D eigenvalue weighted by molar-refractivity contribution is 0.0846. The molecule has 0 radical (unpaired) electrons. The van der Waals surface area contributed by atoms with Crippen LogP contribution in [0.15, 0.2) is 73.1 Å². The number of para-hydroxylation sites is 1. The first-order valence-corrected chi connectivity index (χ1v) is 8.17. The summed E-state index contributed by atoms with van der Waals surface area (Å²) < 4.78 is 1.84. The molecule has 2 aromatic carbocycles. The molecule has 132 valence electrons. The molecule has 0 fully saturated rings. The van der Waals surface area contributed by atoms with Crippen LogP contribution in [0.5, 0.6) is 0 Å². The number of anilines is 1. The molecule has 0 spiro atoms. The van der Waals surface area contributed by atoms with Gasteiger partial charge >= 0.3 is 0 Å². The molecule has 0 unspecified atom stereocenters. The molecule has 26 heavy (non-hydrogen) atoms. The summed E-state index contributed by atoms with van der Waals surface area (Å²) in [7, 11) is 3.80. The molecular weight excluding hydrogens is 328 g/mol. The van der Waals surface area contributed by atoms with Gasteiger partial charge in [-0.1, -0.05) is 18.2 Å². The summed E-state index contributed by atoms with van der Waals surface area (Å²) in [5.74, 6) is -0.757. The van der Waals surface area contributed by atoms with E-state index in [1.807, 2.05) is 66.3 Å². The fraction of sp³-hybridized carbons (Fsp3) is 0.100. The smallest absolute Gasteiger partial charge is 0.271 e. The Bertz CT molecular complexity index is 917. The molecule has 3 rings (SSSR count). The first-order chi connectivity index (χ1) is 12.6. The highest BCUT2D eigenvalue weighted by Gasteiger charge is 2.13. The van der Waals surface area contributed by atoms with E-state index in [1.54, 1.807) is 30.3 Å². The van der Waals surface area contributed by atoms with Gasteiger partial charge in [-0.25, -0.2) is 0 Å². The van der Waals surface area contributed by atoms with Crippen molar-refractivity contribution < 1.29 is 9.59 Å². The molecular formula is C20H20N4O2. The largest absolute Gasteiger partial charge is 0.378 e. The van der Waals surface area contributed by atoms with Crippen molar-refractivity contribution in [1.29, 1.82) is 0 Å². The maximum Gasteiger partial charge on any atom is 0.271 e. The summed E-state index contributed by atoms with van der Waals surface area (Å²) in [6.45, 7) is 0. The van der Waals surface area contributed by atoms with E-state index in [1.165, 1.54) is 0 Å². The van der Waals surface area contributed by atoms with E-state index in [9.17, 15) is 9.59 Å². The number of nitrogens with zero attached hydrogens (tertiary/aromatic N) is 2. The van der Waals surface area contributed by atoms with Crippen LogP contribution in [0.25, 0.3) is 5.69 Å². The average Bonchev–Trinajstić information content (AvgIpc) is 3.20. The van der Waals surface area contributed by atoms with E-state index in [0.717, 1.165) is 11.4 Å². The van der Waals surface area contributed by atoms with Crippen LogP contribution in [0.1, 0.15) is 20.7 Å². The quantitative estimate of drug-likeness (QED) is 0.712. The van der Waals surface area contributed by atoms with E-state index in [2.05, 4.69) is 10.9 Å². The molecule has 6 nitrogen and oxygen atoms in total. The third kappa shape index (κ3) is 3.75. The second-order valence-electron chi connectivity index (χ2n) is 5.96. The summed E-state index contributed by atoms with van der Waals surface area (Å²) in [5.41, 5.74) is 7.52. The molecule has 0 saturated carbocycles. The lowest BCUT2D eigenvalue weighted by Gasteiger charge is -2.14. The Labute approximate surface area is 152 Å². The maximum atomic E-state index is 12.5. The second-order valence-corrected chi connectivity index (χ2v) is 5.96. The Hall–Kier alpha value is -3.54. The van der Waals surface area contributed by atoms with E-state index < -0.39 is 0 Å². The summed E-state index contributed by atoms with van der Waals surface area (Å²) in [4.78, 5) is 26.7. The van der Waals surface area contributed by atoms with Crippen LogP contribution >= 0.6 is 0 Å². The van der Waals surface area contributed by atoms with Gasteiger partial charge in [-0.2, -0.15) is 0 Å². The number of carbonyl (C=O) groups excluding carboxylic acids is 2. The van der Waals surface area contributed by atoms with Crippen LogP contribution in [0.4, 0.5) is 5.69 Å². The van der Waals surface area contributed by atoms with Crippen LogP contribution in [0.3, 0.4) is 0 Å². The van der Waals surface area contributed by atoms with Gasteiger partial charge in [0.2, 0.25) is 0 Å². The van der Waals surface area contributed by atoms with Crippen LogP contribution < -0.4 is 15.8 Å². The van der Waals surface area contributed by atoms with Crippen molar-refractivity contribution in [2.24, 2.45) is 0 Å². The monoisotopic (exact) mass is 348 g/mol. The zero-order chi connectivity index (χ0) is 18.5. The lowest BCUT2D eigenvalue weighted by Crippen LogP contribution is -2.42. The van der Waals surface area contributed by atoms with E-state index >= 15 is 0 Å². The highest BCUT2D eigenvalue weighted by molar-refractivity contribution is 6.01. The maximum absolute atomic E-state index is 12.5. The van der Waals surface area contributed by atoms with Gasteiger partial charge in [0, 0.05) is 37.7 Å². The summed E-state index contributed by atoms with van der Waals surface area (Å²) in [6.07, 6.45) is 3.72. The standard InChI is InChI=1S/C20H20N4O2/c1-23(2)16-9-7-8-15(14-16)19(25)21-22-20(26)17-10-3-4-11-18(17)24-12-5-6-13-24/h3-14H,1-2H3,(H,21,25)(H,22,26). The number of rotatable bonds is 4. The van der Waals surface area contributed by atoms with Gasteiger partial charge < -0.3 is 9.47 Å². The third-order valence-corrected chi connectivity index (χ3v) is 3.95. The minimum atomic E-state index is -0.383. The van der Waals surface area contributed by atoms with Crippen LogP contribution in [-0.2, 0) is 0 Å². The zero-order valence-electron chi connectivity index (χ0n) is 14.6. The first-order valence-electron chi connectivity index (χ1n) is 8.17. The number of nitrogens with one attached hydrogen (secondary N) is 2. The normalized spacial score (nSPS) is 10.2. The summed E-state index contributed by atoms with van der Waals surface area (Å²) in [6, 6.07) is 18.1. The summed E-state index contributed by atoms with van der Waals surface area (Å²) in [5, 5.41) is 0. The van der Waals surface area contributed by atoms with Crippen molar-refractivity contribution in [3.8, 4) is 5.69 Å². The van der Waals surface area contributed by atoms with Gasteiger partial charge in [-0.05, 0) is 42.5 Å². The number of hydrogen-bond donors (Lipinski definition) is 2. The topological polar surface area (TPSA) is 66.4 Å². The van der Waals surface area contributed by atoms with E-state index in [4.69, 9.17) is 0 Å². The van der Waals surface area contributed by atoms with Gasteiger partial charge in [0.1, 0.15) is 0 Å². The molecule has 0 saturated heterocycles.